The van der Waals surface area contributed by atoms with Gasteiger partial charge in [0.05, 0.1) is 0 Å². The molecule has 1 aliphatic rings. The van der Waals surface area contributed by atoms with Crippen LogP contribution in [0.4, 0.5) is 5.69 Å². The van der Waals surface area contributed by atoms with Crippen LogP contribution in [0.25, 0.3) is 0 Å². The van der Waals surface area contributed by atoms with Gasteiger partial charge in [0.1, 0.15) is 5.84 Å². The second-order valence-corrected chi connectivity index (χ2v) is 4.57. The normalized spacial score (nSPS) is 19.5. The minimum Gasteiger partial charge on any atom is -0.409 e. The van der Waals surface area contributed by atoms with Gasteiger partial charge in [-0.1, -0.05) is 23.4 Å². The summed E-state index contributed by atoms with van der Waals surface area (Å²) in [6.07, 6.45) is 2.66. The Morgan fingerprint density at radius 3 is 3.06 bits per heavy atom. The Bertz CT molecular complexity index is 417. The molecule has 1 aromatic carbocycles. The van der Waals surface area contributed by atoms with Crippen LogP contribution in [0.5, 0.6) is 0 Å². The molecule has 3 N–H and O–H groups in total. The number of nitrogens with zero attached hydrogens (tertiary/aromatic N) is 2. The molecule has 0 bridgehead atoms. The van der Waals surface area contributed by atoms with Crippen molar-refractivity contribution in [2.75, 3.05) is 11.4 Å². The van der Waals surface area contributed by atoms with Crippen molar-refractivity contribution in [3.63, 3.8) is 0 Å². The highest BCUT2D eigenvalue weighted by molar-refractivity contribution is 5.79. The van der Waals surface area contributed by atoms with E-state index in [1.807, 2.05) is 0 Å². The fraction of sp³-hybridized carbons (Fsp3) is 0.462. The van der Waals surface area contributed by atoms with E-state index >= 15 is 0 Å². The van der Waals surface area contributed by atoms with Crippen molar-refractivity contribution < 1.29 is 5.21 Å². The SMILES string of the molecule is CC1Cc2ccccc2N1CCC/C(N)=N/O. The van der Waals surface area contributed by atoms with Crippen LogP contribution in [0.15, 0.2) is 29.4 Å². The van der Waals surface area contributed by atoms with Gasteiger partial charge in [-0.2, -0.15) is 0 Å². The summed E-state index contributed by atoms with van der Waals surface area (Å²) in [5, 5.41) is 11.5. The molecule has 1 heterocycles. The van der Waals surface area contributed by atoms with Crippen molar-refractivity contribution in [2.24, 2.45) is 10.9 Å². The zero-order valence-corrected chi connectivity index (χ0v) is 10.1. The number of benzene rings is 1. The van der Waals surface area contributed by atoms with Crippen molar-refractivity contribution in [1.29, 1.82) is 0 Å². The predicted octanol–water partition coefficient (Wildman–Crippen LogP) is 1.96. The van der Waals surface area contributed by atoms with Gasteiger partial charge in [-0.15, -0.1) is 0 Å². The van der Waals surface area contributed by atoms with Gasteiger partial charge in [-0.3, -0.25) is 0 Å². The smallest absolute Gasteiger partial charge is 0.139 e. The molecule has 1 aromatic rings. The van der Waals surface area contributed by atoms with Crippen LogP contribution in [0, 0.1) is 0 Å². The summed E-state index contributed by atoms with van der Waals surface area (Å²) in [5.74, 6) is 0.310. The zero-order chi connectivity index (χ0) is 12.3. The fourth-order valence-electron chi connectivity index (χ4n) is 2.45. The molecule has 0 fully saturated rings. The van der Waals surface area contributed by atoms with E-state index in [0.717, 1.165) is 19.4 Å². The Kier molecular flexibility index (Phi) is 3.52. The van der Waals surface area contributed by atoms with Gasteiger partial charge in [0, 0.05) is 24.7 Å². The third-order valence-corrected chi connectivity index (χ3v) is 3.31. The Labute approximate surface area is 102 Å². The second kappa shape index (κ2) is 5.08. The summed E-state index contributed by atoms with van der Waals surface area (Å²) < 4.78 is 0. The fourth-order valence-corrected chi connectivity index (χ4v) is 2.45. The van der Waals surface area contributed by atoms with Crippen LogP contribution in [0.1, 0.15) is 25.3 Å². The van der Waals surface area contributed by atoms with Crippen LogP contribution < -0.4 is 10.6 Å². The molecule has 0 saturated carbocycles. The number of para-hydroxylation sites is 1. The van der Waals surface area contributed by atoms with E-state index < -0.39 is 0 Å². The maximum Gasteiger partial charge on any atom is 0.139 e. The van der Waals surface area contributed by atoms with Crippen LogP contribution >= 0.6 is 0 Å². The highest BCUT2D eigenvalue weighted by Gasteiger charge is 2.24. The van der Waals surface area contributed by atoms with Gasteiger partial charge >= 0.3 is 0 Å². The van der Waals surface area contributed by atoms with Gasteiger partial charge in [-0.25, -0.2) is 0 Å². The van der Waals surface area contributed by atoms with Crippen molar-refractivity contribution in [3.05, 3.63) is 29.8 Å². The van der Waals surface area contributed by atoms with Gasteiger partial charge in [0.25, 0.3) is 0 Å². The summed E-state index contributed by atoms with van der Waals surface area (Å²) in [6, 6.07) is 9.07. The first-order chi connectivity index (χ1) is 8.22. The largest absolute Gasteiger partial charge is 0.409 e. The van der Waals surface area contributed by atoms with Crippen molar-refractivity contribution in [2.45, 2.75) is 32.2 Å². The average Bonchev–Trinajstić information content (AvgIpc) is 2.66. The topological polar surface area (TPSA) is 61.8 Å². The second-order valence-electron chi connectivity index (χ2n) is 4.57. The average molecular weight is 233 g/mol. The number of hydrogen-bond acceptors (Lipinski definition) is 3. The quantitative estimate of drug-likeness (QED) is 0.362. The number of amidine groups is 1. The molecule has 4 heteroatoms. The van der Waals surface area contributed by atoms with E-state index in [4.69, 9.17) is 10.9 Å². The number of anilines is 1. The highest BCUT2D eigenvalue weighted by Crippen LogP contribution is 2.31. The molecule has 0 radical (unpaired) electrons. The molecule has 1 unspecified atom stereocenters. The molecule has 2 rings (SSSR count). The standard InChI is InChI=1S/C13H19N3O/c1-10-9-11-5-2-3-6-12(11)16(10)8-4-7-13(14)15-17/h2-3,5-6,10,17H,4,7-9H2,1H3,(H2,14,15). The van der Waals surface area contributed by atoms with Gasteiger partial charge in [0.15, 0.2) is 0 Å². The molecule has 0 amide bonds. The first kappa shape index (κ1) is 11.8. The molecule has 0 saturated heterocycles. The molecule has 0 aromatic heterocycles. The highest BCUT2D eigenvalue weighted by atomic mass is 16.4. The van der Waals surface area contributed by atoms with Crippen LogP contribution in [-0.4, -0.2) is 23.6 Å². The first-order valence-electron chi connectivity index (χ1n) is 6.03. The Hall–Kier alpha value is -1.71. The minimum atomic E-state index is 0.310. The number of hydrogen-bond donors (Lipinski definition) is 2. The van der Waals surface area contributed by atoms with Crippen LogP contribution in [0.2, 0.25) is 0 Å². The lowest BCUT2D eigenvalue weighted by Crippen LogP contribution is -2.30. The lowest BCUT2D eigenvalue weighted by Gasteiger charge is -2.24. The molecular weight excluding hydrogens is 214 g/mol. The molecule has 92 valence electrons. The van der Waals surface area contributed by atoms with Crippen LogP contribution in [-0.2, 0) is 6.42 Å². The lowest BCUT2D eigenvalue weighted by molar-refractivity contribution is 0.316. The van der Waals surface area contributed by atoms with Gasteiger partial charge in [0.2, 0.25) is 0 Å². The first-order valence-corrected chi connectivity index (χ1v) is 6.03. The number of oxime groups is 1. The molecule has 0 spiro atoms. The van der Waals surface area contributed by atoms with E-state index in [-0.39, 0.29) is 0 Å². The Morgan fingerprint density at radius 1 is 1.53 bits per heavy atom. The maximum absolute atomic E-state index is 8.49. The van der Waals surface area contributed by atoms with Crippen molar-refractivity contribution in [1.82, 2.24) is 0 Å². The van der Waals surface area contributed by atoms with E-state index in [0.29, 0.717) is 18.3 Å². The minimum absolute atomic E-state index is 0.310. The van der Waals surface area contributed by atoms with Gasteiger partial charge < -0.3 is 15.8 Å². The Balaban J connectivity index is 1.97. The van der Waals surface area contributed by atoms with Crippen molar-refractivity contribution >= 4 is 11.5 Å². The molecular formula is C13H19N3O. The lowest BCUT2D eigenvalue weighted by atomic mass is 10.1. The number of fused-ring (bicyclic) bond motifs is 1. The molecule has 0 aliphatic carbocycles. The number of nitrogens with two attached hydrogens (primary N) is 1. The van der Waals surface area contributed by atoms with Crippen LogP contribution in [0.3, 0.4) is 0 Å². The molecule has 4 nitrogen and oxygen atoms in total. The molecule has 1 atom stereocenters. The third kappa shape index (κ3) is 2.52. The van der Waals surface area contributed by atoms with E-state index in [1.54, 1.807) is 0 Å². The van der Waals surface area contributed by atoms with Gasteiger partial charge in [-0.05, 0) is 31.4 Å². The third-order valence-electron chi connectivity index (χ3n) is 3.31. The van der Waals surface area contributed by atoms with E-state index in [2.05, 4.69) is 41.2 Å². The van der Waals surface area contributed by atoms with Crippen molar-refractivity contribution in [3.8, 4) is 0 Å². The zero-order valence-electron chi connectivity index (χ0n) is 10.1. The van der Waals surface area contributed by atoms with E-state index in [1.165, 1.54) is 11.3 Å². The Morgan fingerprint density at radius 2 is 2.29 bits per heavy atom. The summed E-state index contributed by atoms with van der Waals surface area (Å²) in [5.41, 5.74) is 8.22. The predicted molar refractivity (Wildman–Crippen MR) is 69.6 cm³/mol. The number of rotatable bonds is 4. The maximum atomic E-state index is 8.49. The summed E-state index contributed by atoms with van der Waals surface area (Å²) in [6.45, 7) is 3.19. The summed E-state index contributed by atoms with van der Waals surface area (Å²) in [4.78, 5) is 2.40. The summed E-state index contributed by atoms with van der Waals surface area (Å²) >= 11 is 0. The monoisotopic (exact) mass is 233 g/mol. The van der Waals surface area contributed by atoms with E-state index in [9.17, 15) is 0 Å². The molecule has 17 heavy (non-hydrogen) atoms. The molecule has 1 aliphatic heterocycles. The summed E-state index contributed by atoms with van der Waals surface area (Å²) in [7, 11) is 0.